The summed E-state index contributed by atoms with van der Waals surface area (Å²) in [5.41, 5.74) is 2.10. The summed E-state index contributed by atoms with van der Waals surface area (Å²) in [5.74, 6) is -3.31. The number of alkyl halides is 3. The number of amides is 1. The van der Waals surface area contributed by atoms with Gasteiger partial charge in [0, 0.05) is 27.8 Å². The first-order chi connectivity index (χ1) is 21.3. The Morgan fingerprint density at radius 2 is 1.31 bits per heavy atom. The number of ketones is 2. The number of carboxylic acids is 1. The first-order valence-corrected chi connectivity index (χ1v) is 14.4. The van der Waals surface area contributed by atoms with Gasteiger partial charge in [-0.3, -0.25) is 14.4 Å². The molecule has 0 heterocycles. The Hall–Kier alpha value is -4.77. The normalized spacial score (nSPS) is 15.0. The van der Waals surface area contributed by atoms with Gasteiger partial charge in [-0.25, -0.2) is 4.79 Å². The molecule has 0 unspecified atom stereocenters. The molecule has 3 aromatic rings. The average molecular weight is 624 g/mol. The van der Waals surface area contributed by atoms with E-state index < -0.39 is 48.2 Å². The van der Waals surface area contributed by atoms with Crippen LogP contribution >= 0.6 is 0 Å². The molecule has 0 spiro atoms. The monoisotopic (exact) mass is 623 g/mol. The lowest BCUT2D eigenvalue weighted by atomic mass is 9.83. The van der Waals surface area contributed by atoms with Crippen LogP contribution in [0.15, 0.2) is 78.4 Å². The number of aliphatic hydroxyl groups excluding tert-OH is 1. The van der Waals surface area contributed by atoms with E-state index in [1.807, 2.05) is 12.1 Å². The molecule has 3 N–H and O–H groups in total. The van der Waals surface area contributed by atoms with Gasteiger partial charge in [0.2, 0.25) is 0 Å². The van der Waals surface area contributed by atoms with E-state index in [1.54, 1.807) is 12.1 Å². The van der Waals surface area contributed by atoms with Crippen molar-refractivity contribution in [3.63, 3.8) is 0 Å². The third kappa shape index (κ3) is 8.66. The van der Waals surface area contributed by atoms with Crippen LogP contribution in [0.1, 0.15) is 87.1 Å². The zero-order valence-electron chi connectivity index (χ0n) is 24.4. The molecule has 236 valence electrons. The summed E-state index contributed by atoms with van der Waals surface area (Å²) in [4.78, 5) is 50.7. The van der Waals surface area contributed by atoms with E-state index in [-0.39, 0.29) is 27.8 Å². The Labute approximate surface area is 257 Å². The fraction of sp³-hybridized carbons (Fsp3) is 0.294. The third-order valence-electron chi connectivity index (χ3n) is 7.72. The second kappa shape index (κ2) is 14.3. The van der Waals surface area contributed by atoms with Crippen molar-refractivity contribution >= 4 is 29.0 Å². The number of carbonyl (C=O) groups is 4. The van der Waals surface area contributed by atoms with Crippen molar-refractivity contribution in [2.45, 2.75) is 57.4 Å². The minimum absolute atomic E-state index is 0.0571. The van der Waals surface area contributed by atoms with E-state index in [0.29, 0.717) is 11.5 Å². The van der Waals surface area contributed by atoms with Gasteiger partial charge in [0.15, 0.2) is 17.7 Å². The second-order valence-electron chi connectivity index (χ2n) is 10.8. The molecular weight excluding hydrogens is 591 g/mol. The lowest BCUT2D eigenvalue weighted by molar-refractivity contribution is -0.274. The van der Waals surface area contributed by atoms with Crippen molar-refractivity contribution in [3.05, 3.63) is 106 Å². The summed E-state index contributed by atoms with van der Waals surface area (Å²) in [6.07, 6.45) is -1.04. The number of benzene rings is 3. The second-order valence-corrected chi connectivity index (χ2v) is 10.8. The topological polar surface area (TPSA) is 130 Å². The molecule has 1 aliphatic carbocycles. The molecule has 3 aromatic carbocycles. The molecule has 0 radical (unpaired) electrons. The summed E-state index contributed by atoms with van der Waals surface area (Å²) in [7, 11) is 0. The molecule has 4 rings (SSSR count). The lowest BCUT2D eigenvalue weighted by Crippen LogP contribution is -2.36. The standard InChI is InChI=1S/C34H32F3NO7/c1-20(30(40)24-15-17-27(18-16-24)45-34(35,36)37)29(23-9-7-22(8-10-23)21-5-3-2-4-6-21)31(41)25-11-13-26(14-12-25)32(42)38-19-28(39)33(43)44/h7-18,21,28,39H,2-6,19H2,1H3,(H,38,42)(H,43,44)/t28-/m1/s1. The summed E-state index contributed by atoms with van der Waals surface area (Å²) < 4.78 is 41.7. The number of aliphatic hydroxyl groups is 1. The number of hydrogen-bond acceptors (Lipinski definition) is 6. The summed E-state index contributed by atoms with van der Waals surface area (Å²) >= 11 is 0. The van der Waals surface area contributed by atoms with Crippen LogP contribution in [0.25, 0.3) is 5.57 Å². The predicted molar refractivity (Wildman–Crippen MR) is 159 cm³/mol. The number of carbonyl (C=O) groups excluding carboxylic acids is 3. The number of rotatable bonds is 11. The number of allylic oxidation sites excluding steroid dienone is 2. The van der Waals surface area contributed by atoms with Crippen LogP contribution in [0, 0.1) is 0 Å². The Morgan fingerprint density at radius 1 is 0.800 bits per heavy atom. The highest BCUT2D eigenvalue weighted by atomic mass is 19.4. The van der Waals surface area contributed by atoms with Crippen molar-refractivity contribution in [2.75, 3.05) is 6.54 Å². The Balaban J connectivity index is 1.66. The maximum Gasteiger partial charge on any atom is 0.573 e. The summed E-state index contributed by atoms with van der Waals surface area (Å²) in [5, 5.41) is 20.5. The lowest BCUT2D eigenvalue weighted by Gasteiger charge is -2.22. The van der Waals surface area contributed by atoms with Gasteiger partial charge in [-0.2, -0.15) is 0 Å². The van der Waals surface area contributed by atoms with Crippen molar-refractivity contribution in [2.24, 2.45) is 0 Å². The van der Waals surface area contributed by atoms with E-state index in [4.69, 9.17) is 5.11 Å². The van der Waals surface area contributed by atoms with E-state index in [9.17, 15) is 37.5 Å². The Bertz CT molecular complexity index is 1570. The molecule has 0 bridgehead atoms. The first kappa shape index (κ1) is 33.1. The van der Waals surface area contributed by atoms with E-state index >= 15 is 0 Å². The van der Waals surface area contributed by atoms with Gasteiger partial charge in [-0.15, -0.1) is 13.2 Å². The SMILES string of the molecule is CC(C(=O)c1ccc(OC(F)(F)F)cc1)=C(C(=O)c1ccc(C(=O)NC[C@@H](O)C(=O)O)cc1)c1ccc(C2CCCCC2)cc1. The number of halogens is 3. The number of ether oxygens (including phenoxy) is 1. The molecule has 0 saturated heterocycles. The fourth-order valence-corrected chi connectivity index (χ4v) is 5.31. The zero-order valence-corrected chi connectivity index (χ0v) is 24.4. The van der Waals surface area contributed by atoms with Crippen molar-refractivity contribution in [3.8, 4) is 5.75 Å². The van der Waals surface area contributed by atoms with Gasteiger partial charge in [-0.1, -0.05) is 55.7 Å². The smallest absolute Gasteiger partial charge is 0.479 e. The molecule has 1 saturated carbocycles. The van der Waals surface area contributed by atoms with Gasteiger partial charge in [-0.05, 0) is 73.2 Å². The molecule has 45 heavy (non-hydrogen) atoms. The van der Waals surface area contributed by atoms with Crippen LogP contribution in [0.4, 0.5) is 13.2 Å². The molecule has 1 amide bonds. The highest BCUT2D eigenvalue weighted by molar-refractivity contribution is 6.34. The van der Waals surface area contributed by atoms with Crippen LogP contribution in [0.2, 0.25) is 0 Å². The first-order valence-electron chi connectivity index (χ1n) is 14.4. The largest absolute Gasteiger partial charge is 0.573 e. The third-order valence-corrected chi connectivity index (χ3v) is 7.72. The van der Waals surface area contributed by atoms with Crippen molar-refractivity contribution < 1.29 is 47.3 Å². The summed E-state index contributed by atoms with van der Waals surface area (Å²) in [6, 6.07) is 17.4. The molecular formula is C34H32F3NO7. The minimum atomic E-state index is -4.89. The van der Waals surface area contributed by atoms with E-state index in [0.717, 1.165) is 43.4 Å². The van der Waals surface area contributed by atoms with Gasteiger partial charge < -0.3 is 20.3 Å². The number of Topliss-reactive ketones (excluding diaryl/α,β-unsaturated/α-hetero) is 2. The van der Waals surface area contributed by atoms with Crippen LogP contribution in [0.3, 0.4) is 0 Å². The molecule has 1 fully saturated rings. The fourth-order valence-electron chi connectivity index (χ4n) is 5.31. The van der Waals surface area contributed by atoms with Gasteiger partial charge in [0.05, 0.1) is 6.54 Å². The molecule has 11 heteroatoms. The molecule has 0 aromatic heterocycles. The quantitative estimate of drug-likeness (QED) is 0.168. The number of carboxylic acid groups (broad SMARTS) is 1. The maximum atomic E-state index is 13.9. The molecule has 1 aliphatic rings. The molecule has 0 aliphatic heterocycles. The number of hydrogen-bond donors (Lipinski definition) is 3. The van der Waals surface area contributed by atoms with Gasteiger partial charge in [0.1, 0.15) is 5.75 Å². The van der Waals surface area contributed by atoms with Gasteiger partial charge >= 0.3 is 12.3 Å². The van der Waals surface area contributed by atoms with Crippen LogP contribution < -0.4 is 10.1 Å². The van der Waals surface area contributed by atoms with Crippen molar-refractivity contribution in [1.82, 2.24) is 5.32 Å². The highest BCUT2D eigenvalue weighted by Crippen LogP contribution is 2.34. The highest BCUT2D eigenvalue weighted by Gasteiger charge is 2.31. The van der Waals surface area contributed by atoms with Gasteiger partial charge in [0.25, 0.3) is 5.91 Å². The van der Waals surface area contributed by atoms with Crippen LogP contribution in [-0.4, -0.2) is 52.7 Å². The average Bonchev–Trinajstić information content (AvgIpc) is 3.03. The molecule has 8 nitrogen and oxygen atoms in total. The zero-order chi connectivity index (χ0) is 32.7. The molecule has 1 atom stereocenters. The number of nitrogens with one attached hydrogen (secondary N) is 1. The van der Waals surface area contributed by atoms with Crippen LogP contribution in [-0.2, 0) is 4.79 Å². The van der Waals surface area contributed by atoms with E-state index in [1.165, 1.54) is 49.7 Å². The maximum absolute atomic E-state index is 13.9. The Kier molecular flexibility index (Phi) is 10.6. The van der Waals surface area contributed by atoms with Crippen LogP contribution in [0.5, 0.6) is 5.75 Å². The van der Waals surface area contributed by atoms with E-state index in [2.05, 4.69) is 10.1 Å². The van der Waals surface area contributed by atoms with Crippen molar-refractivity contribution in [1.29, 1.82) is 0 Å². The minimum Gasteiger partial charge on any atom is -0.479 e. The summed E-state index contributed by atoms with van der Waals surface area (Å²) in [6.45, 7) is 0.962. The Morgan fingerprint density at radius 3 is 1.87 bits per heavy atom. The number of aliphatic carboxylic acids is 1. The predicted octanol–water partition coefficient (Wildman–Crippen LogP) is 6.35.